The fourth-order valence-electron chi connectivity index (χ4n) is 3.51. The van der Waals surface area contributed by atoms with Crippen molar-refractivity contribution in [3.63, 3.8) is 0 Å². The predicted octanol–water partition coefficient (Wildman–Crippen LogP) is 2.91. The van der Waals surface area contributed by atoms with Crippen molar-refractivity contribution >= 4 is 17.3 Å². The number of fused-ring (bicyclic) bond motifs is 3. The molecule has 0 bridgehead atoms. The number of terminal acetylenes is 1. The Morgan fingerprint density at radius 3 is 2.88 bits per heavy atom. The van der Waals surface area contributed by atoms with Crippen LogP contribution in [0.1, 0.15) is 22.3 Å². The lowest BCUT2D eigenvalue weighted by Crippen LogP contribution is -2.36. The third-order valence-electron chi connectivity index (χ3n) is 4.81. The fraction of sp³-hybridized carbons (Fsp3) is 0.182. The zero-order chi connectivity index (χ0) is 18.1. The summed E-state index contributed by atoms with van der Waals surface area (Å²) in [6.45, 7) is 0.758. The van der Waals surface area contributed by atoms with Crippen molar-refractivity contribution in [1.29, 1.82) is 0 Å². The molecule has 2 aromatic carbocycles. The molecule has 2 aliphatic rings. The van der Waals surface area contributed by atoms with Crippen LogP contribution in [0.5, 0.6) is 5.75 Å². The molecule has 0 saturated carbocycles. The number of hydrogen-bond donors (Lipinski definition) is 0. The maximum Gasteiger partial charge on any atom is 0.248 e. The Labute approximate surface area is 152 Å². The predicted molar refractivity (Wildman–Crippen MR) is 102 cm³/mol. The highest BCUT2D eigenvalue weighted by Crippen LogP contribution is 2.32. The molecule has 0 fully saturated rings. The molecule has 0 aliphatic carbocycles. The lowest BCUT2D eigenvalue weighted by Gasteiger charge is -2.31. The average molecular weight is 342 g/mol. The highest BCUT2D eigenvalue weighted by Gasteiger charge is 2.29. The first-order valence-electron chi connectivity index (χ1n) is 8.51. The van der Waals surface area contributed by atoms with Crippen LogP contribution in [0, 0.1) is 12.3 Å². The Hall–Kier alpha value is -3.32. The largest absolute Gasteiger partial charge is 0.497 e. The molecule has 0 atom stereocenters. The van der Waals surface area contributed by atoms with E-state index in [9.17, 15) is 4.79 Å². The second-order valence-corrected chi connectivity index (χ2v) is 6.23. The molecule has 26 heavy (non-hydrogen) atoms. The van der Waals surface area contributed by atoms with E-state index >= 15 is 0 Å². The summed E-state index contributed by atoms with van der Waals surface area (Å²) in [5.41, 5.74) is 5.59. The van der Waals surface area contributed by atoms with Crippen molar-refractivity contribution in [3.05, 3.63) is 70.8 Å². The number of methoxy groups -OCH3 is 1. The van der Waals surface area contributed by atoms with Crippen LogP contribution in [0.25, 0.3) is 5.70 Å². The molecule has 128 valence electrons. The normalized spacial score (nSPS) is 15.8. The van der Waals surface area contributed by atoms with Gasteiger partial charge in [-0.3, -0.25) is 9.79 Å². The van der Waals surface area contributed by atoms with Gasteiger partial charge in [-0.1, -0.05) is 30.2 Å². The summed E-state index contributed by atoms with van der Waals surface area (Å²) >= 11 is 0. The SMILES string of the molecule is C#Cc1cccc2c1CCN1C(=O)CN=C(c3cccc(OC)c3)C=C21. The fourth-order valence-corrected chi connectivity index (χ4v) is 3.51. The van der Waals surface area contributed by atoms with E-state index in [0.717, 1.165) is 45.8 Å². The minimum absolute atomic E-state index is 0.00547. The average Bonchev–Trinajstić information content (AvgIpc) is 2.86. The van der Waals surface area contributed by atoms with E-state index < -0.39 is 0 Å². The lowest BCUT2D eigenvalue weighted by atomic mass is 9.91. The van der Waals surface area contributed by atoms with Gasteiger partial charge in [0.05, 0.1) is 18.5 Å². The van der Waals surface area contributed by atoms with Gasteiger partial charge in [0.2, 0.25) is 5.91 Å². The standard InChI is InChI=1S/C22H18N2O2/c1-3-15-6-5-9-19-18(15)10-11-24-21(19)13-20(23-14-22(24)25)16-7-4-8-17(12-16)26-2/h1,4-9,12-13H,10-11,14H2,2H3. The Morgan fingerprint density at radius 2 is 2.08 bits per heavy atom. The van der Waals surface area contributed by atoms with Gasteiger partial charge in [0.1, 0.15) is 12.3 Å². The Balaban J connectivity index is 1.87. The monoisotopic (exact) mass is 342 g/mol. The zero-order valence-corrected chi connectivity index (χ0v) is 14.5. The molecule has 0 aromatic heterocycles. The van der Waals surface area contributed by atoms with Gasteiger partial charge < -0.3 is 9.64 Å². The molecule has 2 heterocycles. The van der Waals surface area contributed by atoms with Crippen molar-refractivity contribution < 1.29 is 9.53 Å². The highest BCUT2D eigenvalue weighted by atomic mass is 16.5. The maximum absolute atomic E-state index is 12.6. The second kappa shape index (κ2) is 6.53. The summed E-state index contributed by atoms with van der Waals surface area (Å²) in [5, 5.41) is 0. The lowest BCUT2D eigenvalue weighted by molar-refractivity contribution is -0.126. The number of allylic oxidation sites excluding steroid dienone is 1. The molecule has 0 saturated heterocycles. The van der Waals surface area contributed by atoms with Crippen molar-refractivity contribution in [2.24, 2.45) is 4.99 Å². The van der Waals surface area contributed by atoms with E-state index in [-0.39, 0.29) is 12.5 Å². The van der Waals surface area contributed by atoms with Crippen molar-refractivity contribution in [3.8, 4) is 18.1 Å². The Morgan fingerprint density at radius 1 is 1.23 bits per heavy atom. The van der Waals surface area contributed by atoms with E-state index in [1.165, 1.54) is 0 Å². The molecule has 0 radical (unpaired) electrons. The van der Waals surface area contributed by atoms with Gasteiger partial charge in [-0.15, -0.1) is 6.42 Å². The van der Waals surface area contributed by atoms with Gasteiger partial charge in [0, 0.05) is 23.2 Å². The number of benzene rings is 2. The Bertz CT molecular complexity index is 995. The maximum atomic E-state index is 12.6. The van der Waals surface area contributed by atoms with E-state index in [2.05, 4.69) is 10.9 Å². The minimum atomic E-state index is 0.00547. The van der Waals surface area contributed by atoms with Crippen molar-refractivity contribution in [2.45, 2.75) is 6.42 Å². The van der Waals surface area contributed by atoms with E-state index in [4.69, 9.17) is 11.2 Å². The van der Waals surface area contributed by atoms with E-state index in [1.54, 1.807) is 7.11 Å². The minimum Gasteiger partial charge on any atom is -0.497 e. The molecular weight excluding hydrogens is 324 g/mol. The molecule has 1 amide bonds. The third kappa shape index (κ3) is 2.68. The molecule has 4 nitrogen and oxygen atoms in total. The van der Waals surface area contributed by atoms with Crippen LogP contribution in [-0.2, 0) is 11.2 Å². The quantitative estimate of drug-likeness (QED) is 0.788. The van der Waals surface area contributed by atoms with Crippen LogP contribution in [0.3, 0.4) is 0 Å². The number of nitrogens with zero attached hydrogens (tertiary/aromatic N) is 2. The first-order valence-corrected chi connectivity index (χ1v) is 8.51. The molecule has 0 N–H and O–H groups in total. The molecule has 2 aliphatic heterocycles. The van der Waals surface area contributed by atoms with E-state index in [0.29, 0.717) is 6.54 Å². The van der Waals surface area contributed by atoms with Gasteiger partial charge in [-0.25, -0.2) is 0 Å². The first kappa shape index (κ1) is 16.2. The van der Waals surface area contributed by atoms with Crippen molar-refractivity contribution in [2.75, 3.05) is 20.2 Å². The number of carbonyl (C=O) groups is 1. The first-order chi connectivity index (χ1) is 12.7. The smallest absolute Gasteiger partial charge is 0.248 e. The van der Waals surface area contributed by atoms with Gasteiger partial charge in [0.15, 0.2) is 0 Å². The van der Waals surface area contributed by atoms with Crippen LogP contribution >= 0.6 is 0 Å². The number of aliphatic imine (C=N–C) groups is 1. The number of carbonyl (C=O) groups excluding carboxylic acids is 1. The van der Waals surface area contributed by atoms with Gasteiger partial charge in [-0.2, -0.15) is 0 Å². The summed E-state index contributed by atoms with van der Waals surface area (Å²) in [5.74, 6) is 3.52. The van der Waals surface area contributed by atoms with Crippen LogP contribution in [0.2, 0.25) is 0 Å². The number of ether oxygens (including phenoxy) is 1. The van der Waals surface area contributed by atoms with Crippen LogP contribution in [0.15, 0.2) is 53.5 Å². The molecule has 0 spiro atoms. The van der Waals surface area contributed by atoms with Crippen LogP contribution in [0.4, 0.5) is 0 Å². The zero-order valence-electron chi connectivity index (χ0n) is 14.5. The second-order valence-electron chi connectivity index (χ2n) is 6.23. The van der Waals surface area contributed by atoms with Crippen molar-refractivity contribution in [1.82, 2.24) is 4.90 Å². The topological polar surface area (TPSA) is 41.9 Å². The molecule has 4 heteroatoms. The van der Waals surface area contributed by atoms with E-state index in [1.807, 2.05) is 53.4 Å². The number of hydrogen-bond acceptors (Lipinski definition) is 3. The molecular formula is C22H18N2O2. The van der Waals surface area contributed by atoms with Gasteiger partial charge in [0.25, 0.3) is 0 Å². The molecule has 2 aromatic rings. The number of amides is 1. The summed E-state index contributed by atoms with van der Waals surface area (Å²) in [6, 6.07) is 13.6. The highest BCUT2D eigenvalue weighted by molar-refractivity contribution is 6.15. The van der Waals surface area contributed by atoms with Gasteiger partial charge in [-0.05, 0) is 36.3 Å². The summed E-state index contributed by atoms with van der Waals surface area (Å²) < 4.78 is 5.32. The van der Waals surface area contributed by atoms with Crippen LogP contribution < -0.4 is 4.74 Å². The summed E-state index contributed by atoms with van der Waals surface area (Å²) in [7, 11) is 1.64. The van der Waals surface area contributed by atoms with Gasteiger partial charge >= 0.3 is 0 Å². The molecule has 0 unspecified atom stereocenters. The van der Waals surface area contributed by atoms with Crippen LogP contribution in [-0.4, -0.2) is 36.7 Å². The summed E-state index contributed by atoms with van der Waals surface area (Å²) in [6.07, 6.45) is 8.40. The molecule has 4 rings (SSSR count). The number of rotatable bonds is 2. The Kier molecular flexibility index (Phi) is 4.06. The summed E-state index contributed by atoms with van der Waals surface area (Å²) in [4.78, 5) is 19.0. The third-order valence-corrected chi connectivity index (χ3v) is 4.81.